The second kappa shape index (κ2) is 4.24. The molecule has 2 aromatic heterocycles. The highest BCUT2D eigenvalue weighted by Gasteiger charge is 2.10. The molecule has 15 heavy (non-hydrogen) atoms. The van der Waals surface area contributed by atoms with Crippen LogP contribution in [0, 0.1) is 6.92 Å². The van der Waals surface area contributed by atoms with Crippen molar-refractivity contribution < 1.29 is 0 Å². The average Bonchev–Trinajstić information content (AvgIpc) is 2.76. The Labute approximate surface area is 96.5 Å². The molecule has 6 heteroatoms. The van der Waals surface area contributed by atoms with Crippen LogP contribution in [-0.2, 0) is 12.8 Å². The molecule has 2 aromatic rings. The smallest absolute Gasteiger partial charge is 0.150 e. The first-order chi connectivity index (χ1) is 7.18. The largest absolute Gasteiger partial charge is 0.384 e. The normalized spacial score (nSPS) is 10.8. The van der Waals surface area contributed by atoms with E-state index in [0.29, 0.717) is 0 Å². The third kappa shape index (κ3) is 2.15. The van der Waals surface area contributed by atoms with Gasteiger partial charge in [0.05, 0.1) is 5.69 Å². The number of rotatable bonds is 3. The van der Waals surface area contributed by atoms with Gasteiger partial charge in [-0.25, -0.2) is 4.98 Å². The fraction of sp³-hybridized carbons (Fsp3) is 0.333. The molecule has 4 nitrogen and oxygen atoms in total. The van der Waals surface area contributed by atoms with Gasteiger partial charge in [-0.05, 0) is 6.92 Å². The Hall–Kier alpha value is -1.01. The second-order valence-corrected chi connectivity index (χ2v) is 5.28. The van der Waals surface area contributed by atoms with E-state index >= 15 is 0 Å². The molecule has 0 atom stereocenters. The maximum atomic E-state index is 5.91. The van der Waals surface area contributed by atoms with E-state index in [2.05, 4.69) is 10.1 Å². The monoisotopic (exact) mass is 240 g/mol. The maximum Gasteiger partial charge on any atom is 0.150 e. The number of anilines is 1. The van der Waals surface area contributed by atoms with Crippen molar-refractivity contribution in [3.63, 3.8) is 0 Å². The van der Waals surface area contributed by atoms with E-state index < -0.39 is 0 Å². The fourth-order valence-corrected chi connectivity index (χ4v) is 3.05. The first-order valence-electron chi connectivity index (χ1n) is 4.48. The number of hydrogen-bond donors (Lipinski definition) is 1. The summed E-state index contributed by atoms with van der Waals surface area (Å²) in [5.74, 6) is 1.58. The molecule has 0 amide bonds. The van der Waals surface area contributed by atoms with Crippen LogP contribution in [0.5, 0.6) is 0 Å². The maximum absolute atomic E-state index is 5.91. The van der Waals surface area contributed by atoms with E-state index in [4.69, 9.17) is 5.73 Å². The minimum Gasteiger partial charge on any atom is -0.384 e. The Balaban J connectivity index is 2.11. The van der Waals surface area contributed by atoms with Gasteiger partial charge in [0.25, 0.3) is 0 Å². The second-order valence-electron chi connectivity index (χ2n) is 3.16. The summed E-state index contributed by atoms with van der Waals surface area (Å²) in [4.78, 5) is 4.21. The summed E-state index contributed by atoms with van der Waals surface area (Å²) in [5.41, 5.74) is 8.02. The lowest BCUT2D eigenvalue weighted by atomic mass is 10.3. The lowest BCUT2D eigenvalue weighted by Gasteiger charge is -1.99. The van der Waals surface area contributed by atoms with E-state index in [-0.39, 0.29) is 0 Å². The van der Waals surface area contributed by atoms with Crippen LogP contribution >= 0.6 is 23.1 Å². The molecule has 0 aliphatic heterocycles. The minimum absolute atomic E-state index is 0.747. The fourth-order valence-electron chi connectivity index (χ4n) is 1.31. The van der Waals surface area contributed by atoms with Gasteiger partial charge in [-0.15, -0.1) is 11.3 Å². The molecule has 0 spiro atoms. The molecule has 0 aliphatic rings. The number of nitrogen functional groups attached to an aromatic ring is 1. The van der Waals surface area contributed by atoms with E-state index in [1.807, 2.05) is 25.5 Å². The van der Waals surface area contributed by atoms with Gasteiger partial charge in [0.2, 0.25) is 0 Å². The molecule has 0 radical (unpaired) electrons. The van der Waals surface area contributed by atoms with Gasteiger partial charge in [0.15, 0.2) is 0 Å². The van der Waals surface area contributed by atoms with Crippen LogP contribution in [0.1, 0.15) is 11.3 Å². The van der Waals surface area contributed by atoms with Crippen LogP contribution in [0.25, 0.3) is 0 Å². The lowest BCUT2D eigenvalue weighted by Crippen LogP contribution is -1.98. The van der Waals surface area contributed by atoms with Gasteiger partial charge < -0.3 is 5.73 Å². The first-order valence-corrected chi connectivity index (χ1v) is 6.35. The van der Waals surface area contributed by atoms with Crippen LogP contribution in [0.4, 0.5) is 5.82 Å². The number of hydrogen-bond acceptors (Lipinski definition) is 5. The standard InChI is InChI=1S/C9H12N4S2/c1-6-7(8(10)13(2)12-6)5-15-9-11-3-4-14-9/h3-4H,5,10H2,1-2H3. The van der Waals surface area contributed by atoms with Crippen molar-refractivity contribution in [3.8, 4) is 0 Å². The molecule has 0 saturated heterocycles. The van der Waals surface area contributed by atoms with Gasteiger partial charge in [-0.1, -0.05) is 11.8 Å². The summed E-state index contributed by atoms with van der Waals surface area (Å²) in [7, 11) is 1.86. The predicted molar refractivity (Wildman–Crippen MR) is 64.0 cm³/mol. The topological polar surface area (TPSA) is 56.7 Å². The summed E-state index contributed by atoms with van der Waals surface area (Å²) in [6.07, 6.45) is 1.81. The summed E-state index contributed by atoms with van der Waals surface area (Å²) in [6, 6.07) is 0. The van der Waals surface area contributed by atoms with E-state index in [0.717, 1.165) is 27.2 Å². The molecule has 2 heterocycles. The zero-order valence-electron chi connectivity index (χ0n) is 8.60. The Morgan fingerprint density at radius 2 is 2.40 bits per heavy atom. The van der Waals surface area contributed by atoms with Crippen LogP contribution in [0.2, 0.25) is 0 Å². The van der Waals surface area contributed by atoms with Crippen LogP contribution in [0.15, 0.2) is 15.9 Å². The average molecular weight is 240 g/mol. The Morgan fingerprint density at radius 1 is 1.60 bits per heavy atom. The van der Waals surface area contributed by atoms with Crippen LogP contribution in [0.3, 0.4) is 0 Å². The molecule has 0 aromatic carbocycles. The van der Waals surface area contributed by atoms with Gasteiger partial charge in [-0.3, -0.25) is 4.68 Å². The van der Waals surface area contributed by atoms with Crippen LogP contribution in [-0.4, -0.2) is 14.8 Å². The van der Waals surface area contributed by atoms with E-state index in [1.165, 1.54) is 0 Å². The molecule has 2 N–H and O–H groups in total. The summed E-state index contributed by atoms with van der Waals surface area (Å²) < 4.78 is 2.78. The van der Waals surface area contributed by atoms with Crippen molar-refractivity contribution in [2.75, 3.05) is 5.73 Å². The van der Waals surface area contributed by atoms with Crippen molar-refractivity contribution in [1.29, 1.82) is 0 Å². The SMILES string of the molecule is Cc1nn(C)c(N)c1CSc1nccs1. The van der Waals surface area contributed by atoms with Gasteiger partial charge >= 0.3 is 0 Å². The lowest BCUT2D eigenvalue weighted by molar-refractivity contribution is 0.767. The number of nitrogens with zero attached hydrogens (tertiary/aromatic N) is 3. The summed E-state index contributed by atoms with van der Waals surface area (Å²) >= 11 is 3.34. The van der Waals surface area contributed by atoms with Gasteiger partial charge in [0, 0.05) is 29.9 Å². The highest BCUT2D eigenvalue weighted by Crippen LogP contribution is 2.28. The number of aryl methyl sites for hydroxylation is 2. The van der Waals surface area contributed by atoms with Crippen molar-refractivity contribution in [2.45, 2.75) is 17.0 Å². The van der Waals surface area contributed by atoms with E-state index in [9.17, 15) is 0 Å². The van der Waals surface area contributed by atoms with E-state index in [1.54, 1.807) is 27.8 Å². The third-order valence-electron chi connectivity index (χ3n) is 2.14. The zero-order valence-corrected chi connectivity index (χ0v) is 10.2. The summed E-state index contributed by atoms with van der Waals surface area (Å²) in [6.45, 7) is 1.98. The quantitative estimate of drug-likeness (QED) is 0.834. The molecule has 0 fully saturated rings. The van der Waals surface area contributed by atoms with Crippen molar-refractivity contribution >= 4 is 28.9 Å². The number of thiazole rings is 1. The minimum atomic E-state index is 0.747. The van der Waals surface area contributed by atoms with Crippen molar-refractivity contribution in [2.24, 2.45) is 7.05 Å². The predicted octanol–water partition coefficient (Wildman–Crippen LogP) is 2.06. The van der Waals surface area contributed by atoms with Crippen molar-refractivity contribution in [3.05, 3.63) is 22.8 Å². The highest BCUT2D eigenvalue weighted by atomic mass is 32.2. The molecule has 0 unspecified atom stereocenters. The van der Waals surface area contributed by atoms with Crippen molar-refractivity contribution in [1.82, 2.24) is 14.8 Å². The number of aromatic nitrogens is 3. The molecular weight excluding hydrogens is 228 g/mol. The molecule has 0 saturated carbocycles. The third-order valence-corrected chi connectivity index (χ3v) is 4.14. The number of thioether (sulfide) groups is 1. The molecule has 0 aliphatic carbocycles. The first kappa shape index (κ1) is 10.5. The molecule has 80 valence electrons. The Kier molecular flexibility index (Phi) is 2.97. The number of nitrogens with two attached hydrogens (primary N) is 1. The van der Waals surface area contributed by atoms with Gasteiger partial charge in [-0.2, -0.15) is 5.10 Å². The highest BCUT2D eigenvalue weighted by molar-refractivity contribution is 8.00. The molecular formula is C9H12N4S2. The molecule has 2 rings (SSSR count). The Bertz CT molecular complexity index is 447. The molecule has 0 bridgehead atoms. The van der Waals surface area contributed by atoms with Gasteiger partial charge in [0.1, 0.15) is 10.2 Å². The summed E-state index contributed by atoms with van der Waals surface area (Å²) in [5, 5.41) is 6.25. The Morgan fingerprint density at radius 3 is 2.93 bits per heavy atom. The van der Waals surface area contributed by atoms with Crippen LogP contribution < -0.4 is 5.73 Å². The zero-order chi connectivity index (χ0) is 10.8.